The van der Waals surface area contributed by atoms with Crippen LogP contribution in [0.1, 0.15) is 26.2 Å². The van der Waals surface area contributed by atoms with Gasteiger partial charge < -0.3 is 10.1 Å². The Bertz CT molecular complexity index is 91.3. The average molecular weight is 143 g/mol. The third-order valence-corrected chi connectivity index (χ3v) is 1.85. The largest absolute Gasteiger partial charge is 0.385 e. The van der Waals surface area contributed by atoms with E-state index in [-0.39, 0.29) is 0 Å². The molecule has 1 saturated carbocycles. The van der Waals surface area contributed by atoms with E-state index in [4.69, 9.17) is 4.74 Å². The Hall–Kier alpha value is -0.0800. The third-order valence-electron chi connectivity index (χ3n) is 1.85. The molecule has 2 nitrogen and oxygen atoms in total. The van der Waals surface area contributed by atoms with Gasteiger partial charge in [0.15, 0.2) is 0 Å². The summed E-state index contributed by atoms with van der Waals surface area (Å²) in [6.07, 6.45) is 3.88. The molecule has 0 radical (unpaired) electrons. The van der Waals surface area contributed by atoms with Crippen molar-refractivity contribution in [2.24, 2.45) is 0 Å². The first-order valence-electron chi connectivity index (χ1n) is 4.08. The van der Waals surface area contributed by atoms with E-state index in [1.807, 2.05) is 0 Å². The van der Waals surface area contributed by atoms with E-state index in [9.17, 15) is 0 Å². The van der Waals surface area contributed by atoms with Crippen LogP contribution in [0.15, 0.2) is 0 Å². The van der Waals surface area contributed by atoms with E-state index in [0.29, 0.717) is 6.04 Å². The lowest BCUT2D eigenvalue weighted by molar-refractivity contribution is 0.184. The maximum atomic E-state index is 4.97. The quantitative estimate of drug-likeness (QED) is 0.623. The fourth-order valence-corrected chi connectivity index (χ4v) is 1.03. The predicted molar refractivity (Wildman–Crippen MR) is 42.1 cm³/mol. The summed E-state index contributed by atoms with van der Waals surface area (Å²) in [5, 5.41) is 3.51. The smallest absolute Gasteiger partial charge is 0.0476 e. The Kier molecular flexibility index (Phi) is 3.16. The molecule has 60 valence electrons. The number of methoxy groups -OCH3 is 1. The van der Waals surface area contributed by atoms with E-state index in [2.05, 4.69) is 12.2 Å². The molecule has 1 atom stereocenters. The first-order chi connectivity index (χ1) is 4.83. The van der Waals surface area contributed by atoms with Crippen LogP contribution in [0.2, 0.25) is 0 Å². The molecule has 0 spiro atoms. The second kappa shape index (κ2) is 3.94. The van der Waals surface area contributed by atoms with Crippen molar-refractivity contribution < 1.29 is 4.74 Å². The minimum Gasteiger partial charge on any atom is -0.385 e. The van der Waals surface area contributed by atoms with Gasteiger partial charge in [-0.15, -0.1) is 0 Å². The van der Waals surface area contributed by atoms with E-state index < -0.39 is 0 Å². The van der Waals surface area contributed by atoms with Crippen molar-refractivity contribution in [1.29, 1.82) is 0 Å². The molecule has 1 fully saturated rings. The molecule has 1 rings (SSSR count). The van der Waals surface area contributed by atoms with Gasteiger partial charge in [-0.2, -0.15) is 0 Å². The standard InChI is InChI=1S/C8H17NO/c1-7(5-6-10-2)9-8-3-4-8/h7-9H,3-6H2,1-2H3. The van der Waals surface area contributed by atoms with Gasteiger partial charge in [-0.1, -0.05) is 0 Å². The second-order valence-electron chi connectivity index (χ2n) is 3.12. The molecule has 0 aliphatic heterocycles. The van der Waals surface area contributed by atoms with Crippen molar-refractivity contribution in [2.45, 2.75) is 38.3 Å². The van der Waals surface area contributed by atoms with Gasteiger partial charge in [-0.05, 0) is 26.2 Å². The van der Waals surface area contributed by atoms with Crippen molar-refractivity contribution in [3.8, 4) is 0 Å². The predicted octanol–water partition coefficient (Wildman–Crippen LogP) is 1.16. The van der Waals surface area contributed by atoms with Crippen LogP contribution in [-0.4, -0.2) is 25.8 Å². The van der Waals surface area contributed by atoms with Gasteiger partial charge in [0.1, 0.15) is 0 Å². The minimum atomic E-state index is 0.632. The summed E-state index contributed by atoms with van der Waals surface area (Å²) >= 11 is 0. The monoisotopic (exact) mass is 143 g/mol. The van der Waals surface area contributed by atoms with Gasteiger partial charge in [-0.3, -0.25) is 0 Å². The van der Waals surface area contributed by atoms with Crippen LogP contribution in [0.4, 0.5) is 0 Å². The van der Waals surface area contributed by atoms with E-state index >= 15 is 0 Å². The van der Waals surface area contributed by atoms with E-state index in [1.165, 1.54) is 12.8 Å². The highest BCUT2D eigenvalue weighted by Crippen LogP contribution is 2.19. The second-order valence-corrected chi connectivity index (χ2v) is 3.12. The Morgan fingerprint density at radius 3 is 2.80 bits per heavy atom. The van der Waals surface area contributed by atoms with Crippen molar-refractivity contribution in [1.82, 2.24) is 5.32 Å². The van der Waals surface area contributed by atoms with Crippen molar-refractivity contribution in [2.75, 3.05) is 13.7 Å². The molecule has 0 bridgehead atoms. The summed E-state index contributed by atoms with van der Waals surface area (Å²) in [5.74, 6) is 0. The summed E-state index contributed by atoms with van der Waals surface area (Å²) in [6.45, 7) is 3.10. The molecule has 0 heterocycles. The number of nitrogens with one attached hydrogen (secondary N) is 1. The average Bonchev–Trinajstić information content (AvgIpc) is 2.67. The van der Waals surface area contributed by atoms with Crippen molar-refractivity contribution in [3.05, 3.63) is 0 Å². The van der Waals surface area contributed by atoms with Crippen LogP contribution in [-0.2, 0) is 4.74 Å². The highest BCUT2D eigenvalue weighted by atomic mass is 16.5. The lowest BCUT2D eigenvalue weighted by Crippen LogP contribution is -2.28. The molecular weight excluding hydrogens is 126 g/mol. The zero-order chi connectivity index (χ0) is 7.40. The van der Waals surface area contributed by atoms with Crippen molar-refractivity contribution >= 4 is 0 Å². The number of ether oxygens (including phenoxy) is 1. The van der Waals surface area contributed by atoms with Crippen LogP contribution in [0.5, 0.6) is 0 Å². The fourth-order valence-electron chi connectivity index (χ4n) is 1.03. The summed E-state index contributed by atoms with van der Waals surface area (Å²) in [4.78, 5) is 0. The molecule has 1 aliphatic rings. The molecule has 0 aromatic carbocycles. The van der Waals surface area contributed by atoms with Gasteiger partial charge in [-0.25, -0.2) is 0 Å². The lowest BCUT2D eigenvalue weighted by atomic mass is 10.2. The number of rotatable bonds is 5. The molecule has 1 aliphatic carbocycles. The molecule has 0 aromatic heterocycles. The summed E-state index contributed by atoms with van der Waals surface area (Å²) in [5.41, 5.74) is 0. The van der Waals surface area contributed by atoms with Gasteiger partial charge in [0.25, 0.3) is 0 Å². The summed E-state index contributed by atoms with van der Waals surface area (Å²) in [6, 6.07) is 1.46. The first-order valence-corrected chi connectivity index (χ1v) is 4.08. The molecular formula is C8H17NO. The van der Waals surface area contributed by atoms with E-state index in [1.54, 1.807) is 7.11 Å². The maximum Gasteiger partial charge on any atom is 0.0476 e. The molecule has 0 aromatic rings. The zero-order valence-electron chi connectivity index (χ0n) is 6.89. The lowest BCUT2D eigenvalue weighted by Gasteiger charge is -2.11. The van der Waals surface area contributed by atoms with Gasteiger partial charge >= 0.3 is 0 Å². The Morgan fingerprint density at radius 2 is 2.30 bits per heavy atom. The van der Waals surface area contributed by atoms with Crippen LogP contribution in [0, 0.1) is 0 Å². The van der Waals surface area contributed by atoms with Crippen LogP contribution in [0.25, 0.3) is 0 Å². The zero-order valence-corrected chi connectivity index (χ0v) is 6.89. The Balaban J connectivity index is 1.91. The molecule has 0 amide bonds. The van der Waals surface area contributed by atoms with Gasteiger partial charge in [0.2, 0.25) is 0 Å². The molecule has 10 heavy (non-hydrogen) atoms. The Labute approximate surface area is 63.0 Å². The van der Waals surface area contributed by atoms with Gasteiger partial charge in [0.05, 0.1) is 0 Å². The Morgan fingerprint density at radius 1 is 1.60 bits per heavy atom. The highest BCUT2D eigenvalue weighted by Gasteiger charge is 2.22. The topological polar surface area (TPSA) is 21.3 Å². The number of hydrogen-bond acceptors (Lipinski definition) is 2. The fraction of sp³-hybridized carbons (Fsp3) is 1.00. The number of hydrogen-bond donors (Lipinski definition) is 1. The van der Waals surface area contributed by atoms with Crippen LogP contribution in [0.3, 0.4) is 0 Å². The van der Waals surface area contributed by atoms with Crippen LogP contribution >= 0.6 is 0 Å². The van der Waals surface area contributed by atoms with Crippen LogP contribution < -0.4 is 5.32 Å². The minimum absolute atomic E-state index is 0.632. The van der Waals surface area contributed by atoms with Gasteiger partial charge in [0, 0.05) is 25.8 Å². The van der Waals surface area contributed by atoms with Crippen molar-refractivity contribution in [3.63, 3.8) is 0 Å². The maximum absolute atomic E-state index is 4.97. The summed E-state index contributed by atoms with van der Waals surface area (Å²) in [7, 11) is 1.75. The molecule has 2 heteroatoms. The normalized spacial score (nSPS) is 21.0. The first kappa shape index (κ1) is 8.02. The molecule has 1 N–H and O–H groups in total. The SMILES string of the molecule is COCCC(C)NC1CC1. The third kappa shape index (κ3) is 3.18. The highest BCUT2D eigenvalue weighted by molar-refractivity contribution is 4.83. The van der Waals surface area contributed by atoms with E-state index in [0.717, 1.165) is 19.1 Å². The molecule has 0 saturated heterocycles. The molecule has 1 unspecified atom stereocenters. The summed E-state index contributed by atoms with van der Waals surface area (Å²) < 4.78 is 4.97.